The van der Waals surface area contributed by atoms with E-state index < -0.39 is 4.92 Å². The Hall–Kier alpha value is -4.39. The number of nitro groups is 1. The third kappa shape index (κ3) is 3.18. The normalized spacial score (nSPS) is 11.5. The summed E-state index contributed by atoms with van der Waals surface area (Å²) in [5.41, 5.74) is 5.38. The summed E-state index contributed by atoms with van der Waals surface area (Å²) in [5.74, 6) is 0. The van der Waals surface area contributed by atoms with Crippen molar-refractivity contribution in [1.29, 1.82) is 0 Å². The summed E-state index contributed by atoms with van der Waals surface area (Å²) in [5, 5.41) is 15.7. The first-order valence-electron chi connectivity index (χ1n) is 9.31. The monoisotopic (exact) mass is 393 g/mol. The van der Waals surface area contributed by atoms with Crippen molar-refractivity contribution in [1.82, 2.24) is 14.6 Å². The van der Waals surface area contributed by atoms with Crippen LogP contribution in [0.1, 0.15) is 5.56 Å². The third-order valence-corrected chi connectivity index (χ3v) is 4.75. The highest BCUT2D eigenvalue weighted by molar-refractivity contribution is 5.89. The van der Waals surface area contributed by atoms with Crippen LogP contribution in [0.3, 0.4) is 0 Å². The largest absolute Gasteiger partial charge is 0.270 e. The number of non-ortho nitro benzene ring substituents is 1. The molecule has 0 spiro atoms. The predicted octanol–water partition coefficient (Wildman–Crippen LogP) is 5.04. The fraction of sp³-hybridized carbons (Fsp3) is 0. The Kier molecular flexibility index (Phi) is 4.25. The van der Waals surface area contributed by atoms with Crippen LogP contribution in [0.25, 0.3) is 33.5 Å². The number of nitro benzene ring substituents is 1. The van der Waals surface area contributed by atoms with E-state index in [4.69, 9.17) is 9.97 Å². The number of aromatic nitrogens is 3. The number of fused-ring (bicyclic) bond motifs is 2. The van der Waals surface area contributed by atoms with Crippen LogP contribution >= 0.6 is 0 Å². The number of benzene rings is 3. The molecule has 0 fully saturated rings. The molecule has 2 aromatic heterocycles. The zero-order chi connectivity index (χ0) is 20.5. The van der Waals surface area contributed by atoms with Crippen LogP contribution < -0.4 is 0 Å². The maximum Gasteiger partial charge on any atom is 0.270 e. The molecule has 5 aromatic rings. The minimum atomic E-state index is -0.421. The lowest BCUT2D eigenvalue weighted by atomic mass is 10.1. The van der Waals surface area contributed by atoms with Crippen LogP contribution in [0.4, 0.5) is 5.69 Å². The van der Waals surface area contributed by atoms with Gasteiger partial charge in [0, 0.05) is 23.3 Å². The van der Waals surface area contributed by atoms with Gasteiger partial charge in [-0.05, 0) is 18.2 Å². The van der Waals surface area contributed by atoms with E-state index in [9.17, 15) is 10.1 Å². The minimum absolute atomic E-state index is 0.0189. The van der Waals surface area contributed by atoms with Crippen molar-refractivity contribution in [3.05, 3.63) is 101 Å². The van der Waals surface area contributed by atoms with Gasteiger partial charge in [0.1, 0.15) is 5.52 Å². The van der Waals surface area contributed by atoms with E-state index in [2.05, 4.69) is 5.10 Å². The molecule has 0 saturated heterocycles. The molecule has 0 atom stereocenters. The molecule has 144 valence electrons. The first-order valence-corrected chi connectivity index (χ1v) is 9.31. The van der Waals surface area contributed by atoms with Gasteiger partial charge in [-0.3, -0.25) is 10.1 Å². The summed E-state index contributed by atoms with van der Waals surface area (Å²) in [6.45, 7) is 0. The molecule has 7 nitrogen and oxygen atoms in total. The van der Waals surface area contributed by atoms with E-state index in [0.29, 0.717) is 11.2 Å². The standard InChI is InChI=1S/C23H15N5O2/c29-28(30)18-10-6-7-16(13-18)15-24-27-22(17-8-2-1-3-9-17)14-21-23(27)26-20-12-5-4-11-19(20)25-21/h1-15H/b24-15+. The van der Waals surface area contributed by atoms with Crippen molar-refractivity contribution in [2.45, 2.75) is 0 Å². The second-order valence-electron chi connectivity index (χ2n) is 6.73. The summed E-state index contributed by atoms with van der Waals surface area (Å²) < 4.78 is 1.73. The van der Waals surface area contributed by atoms with Crippen LogP contribution in [-0.2, 0) is 0 Å². The molecule has 5 rings (SSSR count). The molecule has 0 aliphatic rings. The molecule has 2 heterocycles. The Morgan fingerprint density at radius 3 is 2.33 bits per heavy atom. The van der Waals surface area contributed by atoms with Gasteiger partial charge in [-0.1, -0.05) is 54.6 Å². The fourth-order valence-electron chi connectivity index (χ4n) is 3.34. The third-order valence-electron chi connectivity index (χ3n) is 4.75. The highest BCUT2D eigenvalue weighted by Gasteiger charge is 2.14. The first-order chi connectivity index (χ1) is 14.7. The molecule has 0 saturated carbocycles. The van der Waals surface area contributed by atoms with Crippen molar-refractivity contribution in [2.24, 2.45) is 5.10 Å². The van der Waals surface area contributed by atoms with E-state index in [0.717, 1.165) is 27.8 Å². The zero-order valence-electron chi connectivity index (χ0n) is 15.7. The van der Waals surface area contributed by atoms with Crippen molar-refractivity contribution in [2.75, 3.05) is 0 Å². The minimum Gasteiger partial charge on any atom is -0.258 e. The molecular weight excluding hydrogens is 378 g/mol. The van der Waals surface area contributed by atoms with Crippen LogP contribution in [0, 0.1) is 10.1 Å². The molecule has 0 radical (unpaired) electrons. The SMILES string of the molecule is O=[N+]([O-])c1cccc(/C=N/n2c(-c3ccccc3)cc3nc4ccccc4nc32)c1. The molecule has 30 heavy (non-hydrogen) atoms. The molecule has 0 N–H and O–H groups in total. The summed E-state index contributed by atoms with van der Waals surface area (Å²) in [7, 11) is 0. The van der Waals surface area contributed by atoms with Crippen molar-refractivity contribution < 1.29 is 4.92 Å². The average Bonchev–Trinajstić information content (AvgIpc) is 3.14. The second-order valence-corrected chi connectivity index (χ2v) is 6.73. The molecule has 3 aromatic carbocycles. The van der Waals surface area contributed by atoms with Gasteiger partial charge in [-0.15, -0.1) is 0 Å². The lowest BCUT2D eigenvalue weighted by Crippen LogP contribution is -1.97. The van der Waals surface area contributed by atoms with Crippen LogP contribution in [0.5, 0.6) is 0 Å². The van der Waals surface area contributed by atoms with E-state index in [1.165, 1.54) is 12.1 Å². The van der Waals surface area contributed by atoms with E-state index in [-0.39, 0.29) is 5.69 Å². The molecule has 0 unspecified atom stereocenters. The number of rotatable bonds is 4. The molecular formula is C23H15N5O2. The molecule has 0 bridgehead atoms. The first kappa shape index (κ1) is 17.7. The lowest BCUT2D eigenvalue weighted by molar-refractivity contribution is -0.384. The highest BCUT2D eigenvalue weighted by Crippen LogP contribution is 2.27. The average molecular weight is 393 g/mol. The van der Waals surface area contributed by atoms with Gasteiger partial charge >= 0.3 is 0 Å². The summed E-state index contributed by atoms with van der Waals surface area (Å²) >= 11 is 0. The Labute approximate surface area is 171 Å². The van der Waals surface area contributed by atoms with Crippen LogP contribution in [0.15, 0.2) is 90.0 Å². The van der Waals surface area contributed by atoms with Crippen molar-refractivity contribution >= 4 is 34.1 Å². The smallest absolute Gasteiger partial charge is 0.258 e. The number of nitrogens with zero attached hydrogens (tertiary/aromatic N) is 5. The molecule has 7 heteroatoms. The maximum absolute atomic E-state index is 11.1. The summed E-state index contributed by atoms with van der Waals surface area (Å²) in [6, 6.07) is 25.8. The van der Waals surface area contributed by atoms with Gasteiger partial charge < -0.3 is 0 Å². The quantitative estimate of drug-likeness (QED) is 0.243. The zero-order valence-corrected chi connectivity index (χ0v) is 15.7. The van der Waals surface area contributed by atoms with Gasteiger partial charge in [0.15, 0.2) is 5.65 Å². The van der Waals surface area contributed by atoms with E-state index >= 15 is 0 Å². The van der Waals surface area contributed by atoms with Crippen molar-refractivity contribution in [3.63, 3.8) is 0 Å². The van der Waals surface area contributed by atoms with E-state index in [1.54, 1.807) is 23.0 Å². The van der Waals surface area contributed by atoms with Gasteiger partial charge in [0.05, 0.1) is 27.9 Å². The lowest BCUT2D eigenvalue weighted by Gasteiger charge is -2.05. The Morgan fingerprint density at radius 1 is 0.833 bits per heavy atom. The molecule has 0 aliphatic carbocycles. The number of para-hydroxylation sites is 2. The maximum atomic E-state index is 11.1. The van der Waals surface area contributed by atoms with Gasteiger partial charge in [0.2, 0.25) is 0 Å². The summed E-state index contributed by atoms with van der Waals surface area (Å²) in [4.78, 5) is 20.1. The Balaban J connectivity index is 1.71. The van der Waals surface area contributed by atoms with Crippen LogP contribution in [-0.4, -0.2) is 25.8 Å². The molecule has 0 aliphatic heterocycles. The topological polar surface area (TPSA) is 86.2 Å². The van der Waals surface area contributed by atoms with Gasteiger partial charge in [-0.25, -0.2) is 14.6 Å². The predicted molar refractivity (Wildman–Crippen MR) is 117 cm³/mol. The van der Waals surface area contributed by atoms with Crippen molar-refractivity contribution in [3.8, 4) is 11.3 Å². The summed E-state index contributed by atoms with van der Waals surface area (Å²) in [6.07, 6.45) is 1.59. The number of hydrogen-bond donors (Lipinski definition) is 0. The highest BCUT2D eigenvalue weighted by atomic mass is 16.6. The molecule has 0 amide bonds. The van der Waals surface area contributed by atoms with Gasteiger partial charge in [-0.2, -0.15) is 5.10 Å². The van der Waals surface area contributed by atoms with E-state index in [1.807, 2.05) is 60.7 Å². The van der Waals surface area contributed by atoms with Gasteiger partial charge in [0.25, 0.3) is 5.69 Å². The number of hydrogen-bond acceptors (Lipinski definition) is 5. The fourth-order valence-corrected chi connectivity index (χ4v) is 3.34. The Morgan fingerprint density at radius 2 is 1.57 bits per heavy atom. The van der Waals surface area contributed by atoms with Crippen LogP contribution in [0.2, 0.25) is 0 Å². The second kappa shape index (κ2) is 7.21. The Bertz CT molecular complexity index is 1420.